The molecule has 56 valence electrons. The number of aromatic nitrogens is 3. The van der Waals surface area contributed by atoms with E-state index in [1.54, 1.807) is 12.7 Å². The van der Waals surface area contributed by atoms with Gasteiger partial charge in [0.1, 0.15) is 18.3 Å². The van der Waals surface area contributed by atoms with Gasteiger partial charge in [0, 0.05) is 6.20 Å². The van der Waals surface area contributed by atoms with Crippen LogP contribution in [0.15, 0.2) is 18.9 Å². The second-order valence-corrected chi connectivity index (χ2v) is 2.68. The molecule has 3 nitrogen and oxygen atoms in total. The van der Waals surface area contributed by atoms with Crippen molar-refractivity contribution in [2.75, 3.05) is 0 Å². The summed E-state index contributed by atoms with van der Waals surface area (Å²) in [5, 5.41) is 0. The molecular formula is C8H9N3. The van der Waals surface area contributed by atoms with Crippen molar-refractivity contribution in [1.82, 2.24) is 14.4 Å². The summed E-state index contributed by atoms with van der Waals surface area (Å²) in [6.07, 6.45) is 5.37. The van der Waals surface area contributed by atoms with Gasteiger partial charge in [-0.2, -0.15) is 0 Å². The second-order valence-electron chi connectivity index (χ2n) is 2.68. The van der Waals surface area contributed by atoms with Gasteiger partial charge < -0.3 is 0 Å². The minimum absolute atomic E-state index is 0.998. The fourth-order valence-corrected chi connectivity index (χ4v) is 1.18. The van der Waals surface area contributed by atoms with E-state index in [2.05, 4.69) is 23.8 Å². The molecule has 2 aromatic rings. The third kappa shape index (κ3) is 0.808. The SMILES string of the molecule is Cc1cn2cncnc2c1C. The van der Waals surface area contributed by atoms with E-state index < -0.39 is 0 Å². The zero-order valence-corrected chi connectivity index (χ0v) is 6.57. The van der Waals surface area contributed by atoms with Gasteiger partial charge in [-0.25, -0.2) is 9.97 Å². The Kier molecular flexibility index (Phi) is 1.18. The van der Waals surface area contributed by atoms with Crippen LogP contribution in [-0.4, -0.2) is 14.4 Å². The van der Waals surface area contributed by atoms with Crippen molar-refractivity contribution in [1.29, 1.82) is 0 Å². The smallest absolute Gasteiger partial charge is 0.142 e. The van der Waals surface area contributed by atoms with Gasteiger partial charge in [0.15, 0.2) is 0 Å². The van der Waals surface area contributed by atoms with Crippen molar-refractivity contribution in [2.24, 2.45) is 0 Å². The molecule has 0 aromatic carbocycles. The van der Waals surface area contributed by atoms with Crippen LogP contribution >= 0.6 is 0 Å². The molecule has 0 fully saturated rings. The molecule has 0 amide bonds. The Bertz CT molecular complexity index is 389. The summed E-state index contributed by atoms with van der Waals surface area (Å²) in [5.74, 6) is 0. The van der Waals surface area contributed by atoms with Crippen molar-refractivity contribution >= 4 is 5.65 Å². The zero-order valence-electron chi connectivity index (χ0n) is 6.57. The summed E-state index contributed by atoms with van der Waals surface area (Å²) < 4.78 is 1.94. The second kappa shape index (κ2) is 2.05. The van der Waals surface area contributed by atoms with Crippen LogP contribution < -0.4 is 0 Å². The van der Waals surface area contributed by atoms with Gasteiger partial charge in [-0.1, -0.05) is 0 Å². The first kappa shape index (κ1) is 6.34. The van der Waals surface area contributed by atoms with E-state index >= 15 is 0 Å². The van der Waals surface area contributed by atoms with Crippen molar-refractivity contribution in [3.05, 3.63) is 30.0 Å². The molecule has 0 bridgehead atoms. The summed E-state index contributed by atoms with van der Waals surface area (Å²) in [6.45, 7) is 4.14. The molecule has 2 aromatic heterocycles. The number of nitrogens with zero attached hydrogens (tertiary/aromatic N) is 3. The largest absolute Gasteiger partial charge is 0.291 e. The normalized spacial score (nSPS) is 10.7. The Morgan fingerprint density at radius 1 is 1.36 bits per heavy atom. The monoisotopic (exact) mass is 147 g/mol. The van der Waals surface area contributed by atoms with Crippen molar-refractivity contribution < 1.29 is 0 Å². The Morgan fingerprint density at radius 2 is 2.18 bits per heavy atom. The average molecular weight is 147 g/mol. The van der Waals surface area contributed by atoms with E-state index in [1.807, 2.05) is 10.6 Å². The number of aryl methyl sites for hydroxylation is 2. The first-order valence-electron chi connectivity index (χ1n) is 3.53. The van der Waals surface area contributed by atoms with Crippen LogP contribution in [-0.2, 0) is 0 Å². The Labute approximate surface area is 64.7 Å². The summed E-state index contributed by atoms with van der Waals surface area (Å²) in [4.78, 5) is 8.07. The van der Waals surface area contributed by atoms with Crippen molar-refractivity contribution in [3.63, 3.8) is 0 Å². The summed E-state index contributed by atoms with van der Waals surface area (Å²) >= 11 is 0. The lowest BCUT2D eigenvalue weighted by atomic mass is 10.2. The standard InChI is InChI=1S/C8H9N3/c1-6-3-11-5-9-4-10-8(11)7(6)2/h3-5H,1-2H3. The minimum Gasteiger partial charge on any atom is -0.291 e. The maximum absolute atomic E-state index is 4.15. The maximum atomic E-state index is 4.15. The summed E-state index contributed by atoms with van der Waals surface area (Å²) in [5.41, 5.74) is 3.48. The first-order chi connectivity index (χ1) is 5.29. The lowest BCUT2D eigenvalue weighted by Crippen LogP contribution is -1.87. The highest BCUT2D eigenvalue weighted by Crippen LogP contribution is 2.12. The Balaban J connectivity index is 2.92. The predicted octanol–water partition coefficient (Wildman–Crippen LogP) is 1.35. The lowest BCUT2D eigenvalue weighted by Gasteiger charge is -1.90. The van der Waals surface area contributed by atoms with E-state index in [1.165, 1.54) is 11.1 Å². The molecule has 0 saturated carbocycles. The molecule has 2 heterocycles. The average Bonchev–Trinajstić information content (AvgIpc) is 2.30. The first-order valence-corrected chi connectivity index (χ1v) is 3.53. The zero-order chi connectivity index (χ0) is 7.84. The van der Waals surface area contributed by atoms with Gasteiger partial charge >= 0.3 is 0 Å². The van der Waals surface area contributed by atoms with Gasteiger partial charge in [0.25, 0.3) is 0 Å². The highest BCUT2D eigenvalue weighted by atomic mass is 15.0. The molecule has 0 aliphatic carbocycles. The molecule has 0 radical (unpaired) electrons. The van der Waals surface area contributed by atoms with Crippen molar-refractivity contribution in [2.45, 2.75) is 13.8 Å². The van der Waals surface area contributed by atoms with E-state index in [-0.39, 0.29) is 0 Å². The van der Waals surface area contributed by atoms with E-state index in [0.29, 0.717) is 0 Å². The molecule has 11 heavy (non-hydrogen) atoms. The van der Waals surface area contributed by atoms with Gasteiger partial charge in [0.05, 0.1) is 0 Å². The van der Waals surface area contributed by atoms with Gasteiger partial charge in [0.2, 0.25) is 0 Å². The van der Waals surface area contributed by atoms with Crippen LogP contribution in [0.3, 0.4) is 0 Å². The van der Waals surface area contributed by atoms with Crippen LogP contribution in [0, 0.1) is 13.8 Å². The topological polar surface area (TPSA) is 30.2 Å². The highest BCUT2D eigenvalue weighted by Gasteiger charge is 2.01. The third-order valence-corrected chi connectivity index (χ3v) is 1.94. The summed E-state index contributed by atoms with van der Waals surface area (Å²) in [7, 11) is 0. The minimum atomic E-state index is 0.998. The lowest BCUT2D eigenvalue weighted by molar-refractivity contribution is 1.02. The fraction of sp³-hybridized carbons (Fsp3) is 0.250. The Morgan fingerprint density at radius 3 is 2.91 bits per heavy atom. The van der Waals surface area contributed by atoms with Gasteiger partial charge in [-0.05, 0) is 25.0 Å². The number of fused-ring (bicyclic) bond motifs is 1. The van der Waals surface area contributed by atoms with Crippen LogP contribution in [0.25, 0.3) is 5.65 Å². The number of hydrogen-bond donors (Lipinski definition) is 0. The van der Waals surface area contributed by atoms with Gasteiger partial charge in [-0.3, -0.25) is 4.40 Å². The fourth-order valence-electron chi connectivity index (χ4n) is 1.18. The van der Waals surface area contributed by atoms with Crippen LogP contribution in [0.1, 0.15) is 11.1 Å². The Hall–Kier alpha value is -1.38. The number of rotatable bonds is 0. The molecule has 0 spiro atoms. The van der Waals surface area contributed by atoms with Crippen LogP contribution in [0.5, 0.6) is 0 Å². The molecule has 3 heteroatoms. The van der Waals surface area contributed by atoms with Crippen molar-refractivity contribution in [3.8, 4) is 0 Å². The molecule has 0 saturated heterocycles. The molecule has 0 aliphatic rings. The third-order valence-electron chi connectivity index (χ3n) is 1.94. The molecule has 0 aliphatic heterocycles. The quantitative estimate of drug-likeness (QED) is 0.563. The molecule has 0 atom stereocenters. The van der Waals surface area contributed by atoms with E-state index in [4.69, 9.17) is 0 Å². The van der Waals surface area contributed by atoms with E-state index in [9.17, 15) is 0 Å². The predicted molar refractivity (Wildman–Crippen MR) is 42.5 cm³/mol. The summed E-state index contributed by atoms with van der Waals surface area (Å²) in [6, 6.07) is 0. The van der Waals surface area contributed by atoms with Gasteiger partial charge in [-0.15, -0.1) is 0 Å². The molecule has 2 rings (SSSR count). The molecule has 0 N–H and O–H groups in total. The molecule has 0 unspecified atom stereocenters. The van der Waals surface area contributed by atoms with Crippen LogP contribution in [0.4, 0.5) is 0 Å². The number of hydrogen-bond acceptors (Lipinski definition) is 2. The highest BCUT2D eigenvalue weighted by molar-refractivity contribution is 5.51. The van der Waals surface area contributed by atoms with E-state index in [0.717, 1.165) is 5.65 Å². The molecular weight excluding hydrogens is 138 g/mol. The maximum Gasteiger partial charge on any atom is 0.142 e. The van der Waals surface area contributed by atoms with Crippen LogP contribution in [0.2, 0.25) is 0 Å².